The number of nitrogens with two attached hydrogens (primary N) is 2. The minimum atomic E-state index is -0.527. The van der Waals surface area contributed by atoms with Crippen molar-refractivity contribution in [2.45, 2.75) is 6.92 Å². The van der Waals surface area contributed by atoms with Crippen LogP contribution in [0.25, 0.3) is 0 Å². The van der Waals surface area contributed by atoms with E-state index in [2.05, 4.69) is 15.2 Å². The number of nitrogens with zero attached hydrogens (tertiary/aromatic N) is 3. The lowest BCUT2D eigenvalue weighted by atomic mass is 10.1. The van der Waals surface area contributed by atoms with Crippen molar-refractivity contribution in [3.8, 4) is 5.75 Å². The van der Waals surface area contributed by atoms with Gasteiger partial charge in [0, 0.05) is 51.8 Å². The fourth-order valence-corrected chi connectivity index (χ4v) is 3.40. The van der Waals surface area contributed by atoms with Gasteiger partial charge in [0.05, 0.1) is 11.3 Å². The van der Waals surface area contributed by atoms with E-state index >= 15 is 0 Å². The average molecular weight is 453 g/mol. The van der Waals surface area contributed by atoms with Gasteiger partial charge in [-0.25, -0.2) is 9.79 Å². The van der Waals surface area contributed by atoms with E-state index in [0.29, 0.717) is 42.2 Å². The minimum Gasteiger partial charge on any atom is -0.423 e. The number of nitrogens with one attached hydrogen (secondary N) is 1. The van der Waals surface area contributed by atoms with Crippen LogP contribution in [0.4, 0.5) is 5.69 Å². The second-order valence-corrected chi connectivity index (χ2v) is 7.61. The van der Waals surface area contributed by atoms with Gasteiger partial charge in [-0.3, -0.25) is 14.5 Å². The Kier molecular flexibility index (Phi) is 7.98. The summed E-state index contributed by atoms with van der Waals surface area (Å²) in [7, 11) is 0. The Bertz CT molecular complexity index is 1010. The molecule has 0 aliphatic carbocycles. The van der Waals surface area contributed by atoms with Gasteiger partial charge in [0.1, 0.15) is 5.75 Å². The smallest absolute Gasteiger partial charge is 0.343 e. The van der Waals surface area contributed by atoms with Gasteiger partial charge in [0.25, 0.3) is 5.91 Å². The van der Waals surface area contributed by atoms with Crippen LogP contribution >= 0.6 is 0 Å². The van der Waals surface area contributed by atoms with Crippen molar-refractivity contribution >= 4 is 29.4 Å². The van der Waals surface area contributed by atoms with E-state index in [-0.39, 0.29) is 17.8 Å². The van der Waals surface area contributed by atoms with E-state index < -0.39 is 5.97 Å². The molecule has 0 unspecified atom stereocenters. The Balaban J connectivity index is 1.50. The standard InChI is InChI=1S/C23H28N6O4/c1-16(30)26-10-11-28-12-14-29(15-13-28)21(31)17-4-8-20(9-5-17)33-22(32)18-2-6-19(7-3-18)27-23(24)25/h2-9H,10-15H2,1H3,(H,26,30)(H4,24,25,27). The summed E-state index contributed by atoms with van der Waals surface area (Å²) in [6, 6.07) is 12.8. The molecule has 10 nitrogen and oxygen atoms in total. The summed E-state index contributed by atoms with van der Waals surface area (Å²) in [5, 5.41) is 2.78. The Morgan fingerprint density at radius 2 is 1.55 bits per heavy atom. The van der Waals surface area contributed by atoms with Gasteiger partial charge in [0.2, 0.25) is 5.91 Å². The number of benzene rings is 2. The number of amides is 2. The minimum absolute atomic E-state index is 0.0429. The molecule has 3 rings (SSSR count). The number of rotatable bonds is 7. The maximum atomic E-state index is 12.8. The van der Waals surface area contributed by atoms with E-state index in [1.807, 2.05) is 0 Å². The van der Waals surface area contributed by atoms with Gasteiger partial charge in [-0.2, -0.15) is 0 Å². The summed E-state index contributed by atoms with van der Waals surface area (Å²) >= 11 is 0. The van der Waals surface area contributed by atoms with Gasteiger partial charge in [-0.1, -0.05) is 0 Å². The van der Waals surface area contributed by atoms with Crippen LogP contribution in [0, 0.1) is 0 Å². The van der Waals surface area contributed by atoms with Gasteiger partial charge < -0.3 is 26.4 Å². The molecule has 33 heavy (non-hydrogen) atoms. The van der Waals surface area contributed by atoms with Crippen LogP contribution in [0.3, 0.4) is 0 Å². The zero-order chi connectivity index (χ0) is 23.8. The molecule has 2 aromatic carbocycles. The van der Waals surface area contributed by atoms with Crippen LogP contribution in [0.2, 0.25) is 0 Å². The molecule has 1 aliphatic heterocycles. The lowest BCUT2D eigenvalue weighted by Crippen LogP contribution is -2.50. The van der Waals surface area contributed by atoms with Crippen LogP contribution in [0.1, 0.15) is 27.6 Å². The third-order valence-electron chi connectivity index (χ3n) is 5.13. The molecule has 0 radical (unpaired) electrons. The van der Waals surface area contributed by atoms with Gasteiger partial charge in [-0.15, -0.1) is 0 Å². The molecule has 0 spiro atoms. The first-order chi connectivity index (χ1) is 15.8. The first kappa shape index (κ1) is 23.7. The van der Waals surface area contributed by atoms with Gasteiger partial charge in [0.15, 0.2) is 5.96 Å². The molecule has 0 atom stereocenters. The van der Waals surface area contributed by atoms with E-state index in [4.69, 9.17) is 16.2 Å². The van der Waals surface area contributed by atoms with Crippen molar-refractivity contribution in [1.82, 2.24) is 15.1 Å². The molecule has 10 heteroatoms. The summed E-state index contributed by atoms with van der Waals surface area (Å²) in [4.78, 5) is 44.0. The van der Waals surface area contributed by atoms with E-state index in [9.17, 15) is 14.4 Å². The van der Waals surface area contributed by atoms with Crippen LogP contribution in [-0.2, 0) is 4.79 Å². The molecule has 1 fully saturated rings. The summed E-state index contributed by atoms with van der Waals surface area (Å²) in [6.07, 6.45) is 0. The number of esters is 1. The van der Waals surface area contributed by atoms with Crippen LogP contribution < -0.4 is 21.5 Å². The zero-order valence-electron chi connectivity index (χ0n) is 18.5. The van der Waals surface area contributed by atoms with Crippen LogP contribution in [0.15, 0.2) is 53.5 Å². The highest BCUT2D eigenvalue weighted by molar-refractivity contribution is 5.95. The average Bonchev–Trinajstić information content (AvgIpc) is 2.79. The first-order valence-electron chi connectivity index (χ1n) is 10.6. The number of hydrogen-bond donors (Lipinski definition) is 3. The number of piperazine rings is 1. The van der Waals surface area contributed by atoms with Crippen molar-refractivity contribution in [2.24, 2.45) is 16.5 Å². The Hall–Kier alpha value is -3.92. The number of carbonyl (C=O) groups is 3. The highest BCUT2D eigenvalue weighted by Gasteiger charge is 2.22. The van der Waals surface area contributed by atoms with Crippen molar-refractivity contribution in [3.05, 3.63) is 59.7 Å². The maximum Gasteiger partial charge on any atom is 0.343 e. The molecule has 5 N–H and O–H groups in total. The number of aliphatic imine (C=N–C) groups is 1. The second kappa shape index (κ2) is 11.1. The number of guanidine groups is 1. The lowest BCUT2D eigenvalue weighted by Gasteiger charge is -2.34. The molecule has 174 valence electrons. The van der Waals surface area contributed by atoms with Crippen LogP contribution in [0.5, 0.6) is 5.75 Å². The Morgan fingerprint density at radius 3 is 2.12 bits per heavy atom. The van der Waals surface area contributed by atoms with E-state index in [1.165, 1.54) is 6.92 Å². The molecule has 0 saturated carbocycles. The fraction of sp³-hybridized carbons (Fsp3) is 0.304. The quantitative estimate of drug-likeness (QED) is 0.243. The predicted molar refractivity (Wildman–Crippen MR) is 124 cm³/mol. The fourth-order valence-electron chi connectivity index (χ4n) is 3.40. The molecular formula is C23H28N6O4. The number of hydrogen-bond acceptors (Lipinski definition) is 6. The first-order valence-corrected chi connectivity index (χ1v) is 10.6. The van der Waals surface area contributed by atoms with Gasteiger partial charge >= 0.3 is 5.97 Å². The third-order valence-corrected chi connectivity index (χ3v) is 5.13. The molecular weight excluding hydrogens is 424 g/mol. The SMILES string of the molecule is CC(=O)NCCN1CCN(C(=O)c2ccc(OC(=O)c3ccc(N=C(N)N)cc3)cc2)CC1. The molecule has 2 aromatic rings. The van der Waals surface area contributed by atoms with Crippen molar-refractivity contribution in [2.75, 3.05) is 39.3 Å². The topological polar surface area (TPSA) is 143 Å². The largest absolute Gasteiger partial charge is 0.423 e. The summed E-state index contributed by atoms with van der Waals surface area (Å²) < 4.78 is 5.38. The highest BCUT2D eigenvalue weighted by Crippen LogP contribution is 2.18. The van der Waals surface area contributed by atoms with E-state index in [1.54, 1.807) is 53.4 Å². The molecule has 1 heterocycles. The normalized spacial score (nSPS) is 13.8. The molecule has 0 aromatic heterocycles. The maximum absolute atomic E-state index is 12.8. The molecule has 1 saturated heterocycles. The van der Waals surface area contributed by atoms with E-state index in [0.717, 1.165) is 19.6 Å². The van der Waals surface area contributed by atoms with Crippen molar-refractivity contribution in [3.63, 3.8) is 0 Å². The van der Waals surface area contributed by atoms with Crippen LogP contribution in [-0.4, -0.2) is 72.8 Å². The summed E-state index contributed by atoms with van der Waals surface area (Å²) in [6.45, 7) is 5.60. The number of carbonyl (C=O) groups excluding carboxylic acids is 3. The zero-order valence-corrected chi connectivity index (χ0v) is 18.5. The molecule has 1 aliphatic rings. The predicted octanol–water partition coefficient (Wildman–Crippen LogP) is 0.705. The molecule has 2 amide bonds. The Morgan fingerprint density at radius 1 is 0.939 bits per heavy atom. The molecule has 0 bridgehead atoms. The third kappa shape index (κ3) is 7.04. The van der Waals surface area contributed by atoms with Crippen molar-refractivity contribution < 1.29 is 19.1 Å². The summed E-state index contributed by atoms with van der Waals surface area (Å²) in [5.41, 5.74) is 12.1. The summed E-state index contributed by atoms with van der Waals surface area (Å²) in [5.74, 6) is -0.361. The Labute approximate surface area is 192 Å². The second-order valence-electron chi connectivity index (χ2n) is 7.61. The van der Waals surface area contributed by atoms with Crippen molar-refractivity contribution in [1.29, 1.82) is 0 Å². The number of ether oxygens (including phenoxy) is 1. The van der Waals surface area contributed by atoms with Gasteiger partial charge in [-0.05, 0) is 48.5 Å². The highest BCUT2D eigenvalue weighted by atomic mass is 16.5. The lowest BCUT2D eigenvalue weighted by molar-refractivity contribution is -0.119. The monoisotopic (exact) mass is 452 g/mol.